The van der Waals surface area contributed by atoms with Crippen LogP contribution in [0.1, 0.15) is 12.0 Å². The average molecular weight is 339 g/mol. The molecular weight excluding hydrogens is 321 g/mol. The summed E-state index contributed by atoms with van der Waals surface area (Å²) >= 11 is 0. The molecule has 0 unspecified atom stereocenters. The van der Waals surface area contributed by atoms with Crippen molar-refractivity contribution in [2.45, 2.75) is 19.4 Å². The van der Waals surface area contributed by atoms with Crippen LogP contribution in [0.15, 0.2) is 47.3 Å². The van der Waals surface area contributed by atoms with E-state index in [4.69, 9.17) is 0 Å². The lowest BCUT2D eigenvalue weighted by Crippen LogP contribution is -2.40. The monoisotopic (exact) mass is 339 g/mol. The Bertz CT molecular complexity index is 1030. The first-order valence-corrected chi connectivity index (χ1v) is 8.30. The van der Waals surface area contributed by atoms with Gasteiger partial charge in [0.25, 0.3) is 0 Å². The molecule has 128 valence electrons. The van der Waals surface area contributed by atoms with Gasteiger partial charge in [-0.2, -0.15) is 0 Å². The van der Waals surface area contributed by atoms with Gasteiger partial charge in [-0.05, 0) is 36.6 Å². The maximum Gasteiger partial charge on any atom is 0.329 e. The summed E-state index contributed by atoms with van der Waals surface area (Å²) < 4.78 is 17.3. The normalized spacial score (nSPS) is 13.9. The smallest absolute Gasteiger partial charge is 0.308 e. The van der Waals surface area contributed by atoms with Gasteiger partial charge in [0, 0.05) is 13.6 Å². The van der Waals surface area contributed by atoms with Gasteiger partial charge >= 0.3 is 5.69 Å². The van der Waals surface area contributed by atoms with E-state index >= 15 is 0 Å². The van der Waals surface area contributed by atoms with Gasteiger partial charge in [0.15, 0.2) is 0 Å². The van der Waals surface area contributed by atoms with Gasteiger partial charge in [-0.1, -0.05) is 24.3 Å². The van der Waals surface area contributed by atoms with Crippen molar-refractivity contribution in [1.82, 2.24) is 9.13 Å². The Hall–Kier alpha value is -2.89. The zero-order chi connectivity index (χ0) is 17.6. The zero-order valence-corrected chi connectivity index (χ0v) is 13.9. The van der Waals surface area contributed by atoms with E-state index in [2.05, 4.69) is 0 Å². The fourth-order valence-electron chi connectivity index (χ4n) is 3.59. The average Bonchev–Trinajstić information content (AvgIpc) is 2.87. The Balaban J connectivity index is 1.74. The molecule has 1 amide bonds. The van der Waals surface area contributed by atoms with Gasteiger partial charge in [0.05, 0.1) is 16.7 Å². The summed E-state index contributed by atoms with van der Waals surface area (Å²) in [5.41, 5.74) is 2.41. The van der Waals surface area contributed by atoms with Gasteiger partial charge in [-0.15, -0.1) is 0 Å². The molecule has 25 heavy (non-hydrogen) atoms. The summed E-state index contributed by atoms with van der Waals surface area (Å²) in [6, 6.07) is 12.2. The largest absolute Gasteiger partial charge is 0.329 e. The van der Waals surface area contributed by atoms with E-state index in [0.717, 1.165) is 23.9 Å². The Morgan fingerprint density at radius 1 is 1.12 bits per heavy atom. The molecule has 5 nitrogen and oxygen atoms in total. The van der Waals surface area contributed by atoms with E-state index in [1.165, 1.54) is 20.1 Å². The Labute approximate surface area is 143 Å². The summed E-state index contributed by atoms with van der Waals surface area (Å²) in [5, 5.41) is 0. The predicted octanol–water partition coefficient (Wildman–Crippen LogP) is 2.46. The third-order valence-corrected chi connectivity index (χ3v) is 4.81. The molecule has 0 fully saturated rings. The van der Waals surface area contributed by atoms with Crippen LogP contribution in [-0.4, -0.2) is 21.6 Å². The second-order valence-electron chi connectivity index (χ2n) is 6.31. The molecule has 0 atom stereocenters. The lowest BCUT2D eigenvalue weighted by atomic mass is 10.0. The van der Waals surface area contributed by atoms with E-state index in [1.807, 2.05) is 30.3 Å². The van der Waals surface area contributed by atoms with Crippen LogP contribution in [-0.2, 0) is 24.8 Å². The fourth-order valence-corrected chi connectivity index (χ4v) is 3.59. The van der Waals surface area contributed by atoms with Gasteiger partial charge < -0.3 is 4.90 Å². The maximum absolute atomic E-state index is 14.3. The van der Waals surface area contributed by atoms with Gasteiger partial charge in [-0.25, -0.2) is 9.18 Å². The summed E-state index contributed by atoms with van der Waals surface area (Å²) in [5.74, 6) is -0.666. The zero-order valence-electron chi connectivity index (χ0n) is 13.9. The molecule has 0 saturated carbocycles. The molecule has 3 aromatic rings. The molecule has 0 N–H and O–H groups in total. The lowest BCUT2D eigenvalue weighted by Gasteiger charge is -2.29. The highest BCUT2D eigenvalue weighted by Gasteiger charge is 2.26. The first kappa shape index (κ1) is 15.6. The van der Waals surface area contributed by atoms with Crippen LogP contribution in [0, 0.1) is 5.82 Å². The number of nitrogens with zero attached hydrogens (tertiary/aromatic N) is 3. The van der Waals surface area contributed by atoms with E-state index in [9.17, 15) is 14.0 Å². The number of anilines is 1. The maximum atomic E-state index is 14.3. The molecule has 2 heterocycles. The standard InChI is InChI=1S/C19H18FN3O2/c1-21-15-9-2-3-10-16(15)23(19(21)25)12-17(24)22-11-5-7-13-6-4-8-14(20)18(13)22/h2-4,6,8-10H,5,7,11-12H2,1H3. The Morgan fingerprint density at radius 3 is 2.68 bits per heavy atom. The van der Waals surface area contributed by atoms with E-state index in [1.54, 1.807) is 13.1 Å². The van der Waals surface area contributed by atoms with Crippen molar-refractivity contribution in [2.75, 3.05) is 11.4 Å². The molecule has 0 radical (unpaired) electrons. The number of fused-ring (bicyclic) bond motifs is 2. The van der Waals surface area contributed by atoms with E-state index < -0.39 is 5.82 Å². The van der Waals surface area contributed by atoms with Crippen LogP contribution in [0.5, 0.6) is 0 Å². The highest BCUT2D eigenvalue weighted by molar-refractivity contribution is 5.95. The first-order chi connectivity index (χ1) is 12.1. The Kier molecular flexibility index (Phi) is 3.67. The molecule has 6 heteroatoms. The minimum absolute atomic E-state index is 0.103. The minimum atomic E-state index is -0.393. The number of aromatic nitrogens is 2. The number of imidazole rings is 1. The Morgan fingerprint density at radius 2 is 1.88 bits per heavy atom. The number of aryl methyl sites for hydroxylation is 2. The number of halogens is 1. The van der Waals surface area contributed by atoms with Crippen LogP contribution < -0.4 is 10.6 Å². The minimum Gasteiger partial charge on any atom is -0.308 e. The van der Waals surface area contributed by atoms with Gasteiger partial charge in [0.2, 0.25) is 5.91 Å². The number of benzene rings is 2. The van der Waals surface area contributed by atoms with Crippen molar-refractivity contribution < 1.29 is 9.18 Å². The van der Waals surface area contributed by atoms with Crippen molar-refractivity contribution >= 4 is 22.6 Å². The fraction of sp³-hybridized carbons (Fsp3) is 0.263. The quantitative estimate of drug-likeness (QED) is 0.720. The number of para-hydroxylation sites is 3. The SMILES string of the molecule is Cn1c(=O)n(CC(=O)N2CCCc3cccc(F)c32)c2ccccc21. The summed E-state index contributed by atoms with van der Waals surface area (Å²) in [4.78, 5) is 26.9. The van der Waals surface area contributed by atoms with Crippen LogP contribution in [0.3, 0.4) is 0 Å². The molecular formula is C19H18FN3O2. The topological polar surface area (TPSA) is 47.2 Å². The molecule has 0 saturated heterocycles. The summed E-state index contributed by atoms with van der Waals surface area (Å²) in [6.45, 7) is 0.361. The molecule has 1 aromatic heterocycles. The first-order valence-electron chi connectivity index (χ1n) is 8.30. The van der Waals surface area contributed by atoms with Crippen LogP contribution in [0.4, 0.5) is 10.1 Å². The van der Waals surface area contributed by atoms with Gasteiger partial charge in [-0.3, -0.25) is 13.9 Å². The molecule has 0 aliphatic carbocycles. The number of carbonyl (C=O) groups excluding carboxylic acids is 1. The third-order valence-electron chi connectivity index (χ3n) is 4.81. The summed E-state index contributed by atoms with van der Waals surface area (Å²) in [7, 11) is 1.68. The molecule has 0 spiro atoms. The molecule has 2 aromatic carbocycles. The number of hydrogen-bond donors (Lipinski definition) is 0. The lowest BCUT2D eigenvalue weighted by molar-refractivity contribution is -0.119. The van der Waals surface area contributed by atoms with Crippen molar-refractivity contribution in [1.29, 1.82) is 0 Å². The van der Waals surface area contributed by atoms with Gasteiger partial charge in [0.1, 0.15) is 12.4 Å². The second kappa shape index (κ2) is 5.88. The van der Waals surface area contributed by atoms with Crippen molar-refractivity contribution in [3.05, 3.63) is 64.3 Å². The molecule has 4 rings (SSSR count). The predicted molar refractivity (Wildman–Crippen MR) is 94.3 cm³/mol. The molecule has 1 aliphatic rings. The number of amides is 1. The number of rotatable bonds is 2. The summed E-state index contributed by atoms with van der Waals surface area (Å²) in [6.07, 6.45) is 1.54. The highest BCUT2D eigenvalue weighted by atomic mass is 19.1. The van der Waals surface area contributed by atoms with Crippen LogP contribution in [0.25, 0.3) is 11.0 Å². The number of hydrogen-bond acceptors (Lipinski definition) is 2. The van der Waals surface area contributed by atoms with Crippen molar-refractivity contribution in [3.8, 4) is 0 Å². The van der Waals surface area contributed by atoms with Crippen LogP contribution >= 0.6 is 0 Å². The highest BCUT2D eigenvalue weighted by Crippen LogP contribution is 2.30. The van der Waals surface area contributed by atoms with Crippen molar-refractivity contribution in [3.63, 3.8) is 0 Å². The second-order valence-corrected chi connectivity index (χ2v) is 6.31. The van der Waals surface area contributed by atoms with E-state index in [-0.39, 0.29) is 18.1 Å². The third kappa shape index (κ3) is 2.45. The molecule has 1 aliphatic heterocycles. The van der Waals surface area contributed by atoms with Crippen molar-refractivity contribution in [2.24, 2.45) is 7.05 Å². The van der Waals surface area contributed by atoms with E-state index in [0.29, 0.717) is 17.7 Å². The number of carbonyl (C=O) groups is 1. The molecule has 0 bridgehead atoms. The van der Waals surface area contributed by atoms with Crippen LogP contribution in [0.2, 0.25) is 0 Å².